The molecule has 4 atom stereocenters. The number of hydrogen-bond acceptors (Lipinski definition) is 5. The minimum Gasteiger partial charge on any atom is -0.444 e. The molecule has 0 unspecified atom stereocenters. The van der Waals surface area contributed by atoms with E-state index in [-0.39, 0.29) is 30.2 Å². The van der Waals surface area contributed by atoms with E-state index in [1.807, 2.05) is 44.7 Å². The number of ether oxygens (including phenoxy) is 1. The quantitative estimate of drug-likeness (QED) is 0.526. The monoisotopic (exact) mass is 556 g/mol. The minimum atomic E-state index is -0.909. The van der Waals surface area contributed by atoms with Crippen molar-refractivity contribution in [1.29, 1.82) is 0 Å². The Balaban J connectivity index is 1.66. The van der Waals surface area contributed by atoms with Gasteiger partial charge in [0.2, 0.25) is 17.7 Å². The normalized spacial score (nSPS) is 23.1. The van der Waals surface area contributed by atoms with Crippen LogP contribution in [0.25, 0.3) is 0 Å². The number of likely N-dealkylation sites (tertiary alicyclic amines) is 2. The maximum atomic E-state index is 13.5. The fourth-order valence-electron chi connectivity index (χ4n) is 5.78. The van der Waals surface area contributed by atoms with Crippen molar-refractivity contribution in [2.45, 2.75) is 110 Å². The van der Waals surface area contributed by atoms with Gasteiger partial charge in [-0.25, -0.2) is 4.79 Å². The molecule has 0 aromatic heterocycles. The van der Waals surface area contributed by atoms with Gasteiger partial charge in [-0.1, -0.05) is 45.0 Å². The van der Waals surface area contributed by atoms with Gasteiger partial charge in [-0.2, -0.15) is 0 Å². The summed E-state index contributed by atoms with van der Waals surface area (Å²) in [5, 5.41) is 2.84. The van der Waals surface area contributed by atoms with Crippen molar-refractivity contribution >= 4 is 23.8 Å². The third-order valence-corrected chi connectivity index (χ3v) is 8.08. The van der Waals surface area contributed by atoms with Crippen molar-refractivity contribution < 1.29 is 23.9 Å². The van der Waals surface area contributed by atoms with Crippen LogP contribution in [-0.2, 0) is 25.5 Å². The zero-order valence-electron chi connectivity index (χ0n) is 25.2. The van der Waals surface area contributed by atoms with E-state index in [1.54, 1.807) is 20.8 Å². The molecule has 9 nitrogen and oxygen atoms in total. The molecule has 2 aliphatic rings. The number of hydrogen-bond donors (Lipinski definition) is 2. The summed E-state index contributed by atoms with van der Waals surface area (Å²) in [5.74, 6) is -0.517. The molecule has 2 heterocycles. The molecular formula is C31H48N4O5. The standard InChI is InChI=1S/C31H48N4O5/c1-19(2)29(38)34-16-14-24(15-17-34)23-12-10-22(11-13-23)18-25(27(32)36)33-28(37)26-20(3)8-9-21(4)35(26)30(39)40-31(5,6)7/h10-13,19-21,24-26H,8-9,14-18H2,1-7H3,(H2,32,36)(H,33,37)/t20-,21+,25+,26+/m1/s1. The van der Waals surface area contributed by atoms with Crippen LogP contribution in [-0.4, -0.2) is 70.4 Å². The molecule has 2 saturated heterocycles. The van der Waals surface area contributed by atoms with Gasteiger partial charge >= 0.3 is 6.09 Å². The summed E-state index contributed by atoms with van der Waals surface area (Å²) in [6, 6.07) is 6.24. The van der Waals surface area contributed by atoms with E-state index in [0.29, 0.717) is 5.92 Å². The summed E-state index contributed by atoms with van der Waals surface area (Å²) in [6.45, 7) is 14.6. The fourth-order valence-corrected chi connectivity index (χ4v) is 5.78. The number of benzene rings is 1. The van der Waals surface area contributed by atoms with Gasteiger partial charge < -0.3 is 20.7 Å². The average Bonchev–Trinajstić information content (AvgIpc) is 2.88. The number of nitrogens with zero attached hydrogens (tertiary/aromatic N) is 2. The molecule has 1 aromatic rings. The van der Waals surface area contributed by atoms with E-state index in [2.05, 4.69) is 17.4 Å². The number of amides is 4. The molecule has 222 valence electrons. The van der Waals surface area contributed by atoms with Crippen LogP contribution < -0.4 is 11.1 Å². The topological polar surface area (TPSA) is 122 Å². The van der Waals surface area contributed by atoms with Gasteiger partial charge in [-0.05, 0) is 76.3 Å². The Labute approximate surface area is 239 Å². The number of primary amides is 1. The third-order valence-electron chi connectivity index (χ3n) is 8.08. The molecule has 2 fully saturated rings. The van der Waals surface area contributed by atoms with Gasteiger partial charge in [-0.3, -0.25) is 19.3 Å². The Hall–Kier alpha value is -3.10. The van der Waals surface area contributed by atoms with Crippen molar-refractivity contribution in [3.8, 4) is 0 Å². The molecule has 4 amide bonds. The van der Waals surface area contributed by atoms with E-state index < -0.39 is 35.6 Å². The van der Waals surface area contributed by atoms with Crippen molar-refractivity contribution in [1.82, 2.24) is 15.1 Å². The lowest BCUT2D eigenvalue weighted by Crippen LogP contribution is -2.61. The minimum absolute atomic E-state index is 0.0136. The highest BCUT2D eigenvalue weighted by Gasteiger charge is 2.43. The Morgan fingerprint density at radius 2 is 1.60 bits per heavy atom. The summed E-state index contributed by atoms with van der Waals surface area (Å²) >= 11 is 0. The van der Waals surface area contributed by atoms with Crippen molar-refractivity contribution in [2.24, 2.45) is 17.6 Å². The van der Waals surface area contributed by atoms with Crippen molar-refractivity contribution in [3.05, 3.63) is 35.4 Å². The molecule has 3 rings (SSSR count). The molecule has 2 aliphatic heterocycles. The molecule has 3 N–H and O–H groups in total. The van der Waals surface area contributed by atoms with Gasteiger partial charge in [-0.15, -0.1) is 0 Å². The van der Waals surface area contributed by atoms with E-state index in [9.17, 15) is 19.2 Å². The largest absolute Gasteiger partial charge is 0.444 e. The van der Waals surface area contributed by atoms with E-state index in [1.165, 1.54) is 10.5 Å². The molecule has 9 heteroatoms. The zero-order chi connectivity index (χ0) is 29.8. The predicted octanol–water partition coefficient (Wildman–Crippen LogP) is 3.99. The first-order valence-corrected chi connectivity index (χ1v) is 14.7. The number of rotatable bonds is 7. The molecule has 0 aliphatic carbocycles. The number of carbonyl (C=O) groups is 4. The Morgan fingerprint density at radius 1 is 1.00 bits per heavy atom. The summed E-state index contributed by atoms with van der Waals surface area (Å²) < 4.78 is 5.61. The maximum Gasteiger partial charge on any atom is 0.411 e. The van der Waals surface area contributed by atoms with Crippen LogP contribution in [0.5, 0.6) is 0 Å². The van der Waals surface area contributed by atoms with Gasteiger partial charge in [0, 0.05) is 31.5 Å². The smallest absolute Gasteiger partial charge is 0.411 e. The second kappa shape index (κ2) is 13.0. The highest BCUT2D eigenvalue weighted by molar-refractivity contribution is 5.91. The fraction of sp³-hybridized carbons (Fsp3) is 0.677. The van der Waals surface area contributed by atoms with Crippen LogP contribution in [0.1, 0.15) is 91.2 Å². The first-order valence-electron chi connectivity index (χ1n) is 14.7. The van der Waals surface area contributed by atoms with Gasteiger partial charge in [0.25, 0.3) is 0 Å². The molecular weight excluding hydrogens is 508 g/mol. The Morgan fingerprint density at radius 3 is 2.12 bits per heavy atom. The lowest BCUT2D eigenvalue weighted by molar-refractivity contribution is -0.135. The molecule has 0 bridgehead atoms. The summed E-state index contributed by atoms with van der Waals surface area (Å²) in [6.07, 6.45) is 3.12. The van der Waals surface area contributed by atoms with Gasteiger partial charge in [0.05, 0.1) is 0 Å². The Kier molecular flexibility index (Phi) is 10.2. The van der Waals surface area contributed by atoms with E-state index in [0.717, 1.165) is 44.3 Å². The van der Waals surface area contributed by atoms with Gasteiger partial charge in [0.15, 0.2) is 0 Å². The highest BCUT2D eigenvalue weighted by Crippen LogP contribution is 2.31. The Bertz CT molecular complexity index is 1060. The zero-order valence-corrected chi connectivity index (χ0v) is 25.2. The molecule has 1 aromatic carbocycles. The van der Waals surface area contributed by atoms with Gasteiger partial charge in [0.1, 0.15) is 17.7 Å². The average molecular weight is 557 g/mol. The van der Waals surface area contributed by atoms with Crippen LogP contribution in [0.15, 0.2) is 24.3 Å². The third kappa shape index (κ3) is 7.98. The molecule has 40 heavy (non-hydrogen) atoms. The first kappa shape index (κ1) is 31.4. The maximum absolute atomic E-state index is 13.5. The van der Waals surface area contributed by atoms with Crippen molar-refractivity contribution in [3.63, 3.8) is 0 Å². The summed E-state index contributed by atoms with van der Waals surface area (Å²) in [7, 11) is 0. The van der Waals surface area contributed by atoms with Crippen LogP contribution in [0.3, 0.4) is 0 Å². The SMILES string of the molecule is CC(C)C(=O)N1CCC(c2ccc(C[C@H](NC(=O)[C@@H]3[C@H](C)CC[C@H](C)N3C(=O)OC(C)(C)C)C(N)=O)cc2)CC1. The van der Waals surface area contributed by atoms with Crippen LogP contribution in [0.4, 0.5) is 4.79 Å². The van der Waals surface area contributed by atoms with Crippen LogP contribution in [0.2, 0.25) is 0 Å². The number of carbonyl (C=O) groups excluding carboxylic acids is 4. The predicted molar refractivity (Wildman–Crippen MR) is 154 cm³/mol. The second-order valence-corrected chi connectivity index (χ2v) is 12.9. The number of nitrogens with two attached hydrogens (primary N) is 1. The molecule has 0 radical (unpaired) electrons. The molecule has 0 saturated carbocycles. The molecule has 0 spiro atoms. The van der Waals surface area contributed by atoms with Crippen molar-refractivity contribution in [2.75, 3.05) is 13.1 Å². The van der Waals surface area contributed by atoms with E-state index in [4.69, 9.17) is 10.5 Å². The lowest BCUT2D eigenvalue weighted by Gasteiger charge is -2.43. The second-order valence-electron chi connectivity index (χ2n) is 12.9. The highest BCUT2D eigenvalue weighted by atomic mass is 16.6. The van der Waals surface area contributed by atoms with Crippen LogP contribution in [0, 0.1) is 11.8 Å². The first-order chi connectivity index (χ1) is 18.7. The van der Waals surface area contributed by atoms with Crippen LogP contribution >= 0.6 is 0 Å². The van der Waals surface area contributed by atoms with E-state index >= 15 is 0 Å². The lowest BCUT2D eigenvalue weighted by atomic mass is 9.86. The summed E-state index contributed by atoms with van der Waals surface area (Å²) in [5.41, 5.74) is 7.12. The summed E-state index contributed by atoms with van der Waals surface area (Å²) in [4.78, 5) is 54.7. The number of nitrogens with one attached hydrogen (secondary N) is 1. The number of piperidine rings is 2.